The molecule has 4 heterocycles. The van der Waals surface area contributed by atoms with E-state index < -0.39 is 23.8 Å². The molecule has 2 bridgehead atoms. The lowest BCUT2D eigenvalue weighted by Crippen LogP contribution is -2.14. The SMILES string of the molecule is C[C@H]1Oc2cc(cnc2N)-c2c(cnn2CC2CC2)Cc2cc(C(F)(F)F)nn2-c2ccc(F)cc21. The summed E-state index contributed by atoms with van der Waals surface area (Å²) in [5, 5.41) is 8.45. The van der Waals surface area contributed by atoms with E-state index >= 15 is 0 Å². The molecular formula is C25H22F4N6O. The van der Waals surface area contributed by atoms with E-state index in [0.29, 0.717) is 34.8 Å². The number of pyridine rings is 1. The maximum atomic E-state index is 14.3. The molecule has 1 aliphatic heterocycles. The molecule has 4 aromatic rings. The summed E-state index contributed by atoms with van der Waals surface area (Å²) in [6.07, 6.45) is 0.185. The fourth-order valence-corrected chi connectivity index (χ4v) is 4.64. The van der Waals surface area contributed by atoms with Crippen molar-refractivity contribution in [3.05, 3.63) is 71.1 Å². The standard InChI is InChI=1S/C25H22F4N6O/c1-13-19-8-17(26)4-5-20(19)35-18(9-22(33-35)25(27,28)29)6-15-11-32-34(12-14-2-3-14)23(15)16-7-21(36-13)24(30)31-10-16/h4-5,7-11,13-14H,2-3,6,12H2,1H3,(H2,30,31)/t13-/m1/s1. The molecule has 0 amide bonds. The van der Waals surface area contributed by atoms with Crippen LogP contribution in [0.3, 0.4) is 0 Å². The molecule has 1 fully saturated rings. The molecule has 1 saturated carbocycles. The number of hydrogen-bond donors (Lipinski definition) is 1. The van der Waals surface area contributed by atoms with Crippen molar-refractivity contribution >= 4 is 5.82 Å². The molecule has 186 valence electrons. The van der Waals surface area contributed by atoms with Crippen LogP contribution in [0.25, 0.3) is 16.9 Å². The van der Waals surface area contributed by atoms with Gasteiger partial charge in [0, 0.05) is 41.5 Å². The second kappa shape index (κ2) is 8.07. The Bertz CT molecular complexity index is 1470. The molecule has 0 unspecified atom stereocenters. The fraction of sp³-hybridized carbons (Fsp3) is 0.320. The average molecular weight is 498 g/mol. The monoisotopic (exact) mass is 498 g/mol. The molecular weight excluding hydrogens is 476 g/mol. The van der Waals surface area contributed by atoms with Crippen LogP contribution in [0, 0.1) is 11.7 Å². The molecule has 36 heavy (non-hydrogen) atoms. The first-order valence-corrected chi connectivity index (χ1v) is 11.6. The summed E-state index contributed by atoms with van der Waals surface area (Å²) >= 11 is 0. The van der Waals surface area contributed by atoms with E-state index in [1.165, 1.54) is 22.9 Å². The first-order chi connectivity index (χ1) is 17.2. The van der Waals surface area contributed by atoms with Crippen LogP contribution in [0.5, 0.6) is 5.75 Å². The number of nitrogen functional groups attached to an aromatic ring is 1. The van der Waals surface area contributed by atoms with Crippen molar-refractivity contribution in [3.8, 4) is 22.7 Å². The molecule has 0 spiro atoms. The summed E-state index contributed by atoms with van der Waals surface area (Å²) in [6.45, 7) is 2.37. The van der Waals surface area contributed by atoms with Gasteiger partial charge in [-0.2, -0.15) is 23.4 Å². The van der Waals surface area contributed by atoms with Gasteiger partial charge in [-0.25, -0.2) is 14.1 Å². The number of ether oxygens (including phenoxy) is 1. The van der Waals surface area contributed by atoms with Crippen molar-refractivity contribution in [2.75, 3.05) is 5.73 Å². The highest BCUT2D eigenvalue weighted by Crippen LogP contribution is 2.39. The highest BCUT2D eigenvalue weighted by molar-refractivity contribution is 5.68. The highest BCUT2D eigenvalue weighted by Gasteiger charge is 2.36. The summed E-state index contributed by atoms with van der Waals surface area (Å²) in [5.41, 5.74) is 8.10. The van der Waals surface area contributed by atoms with Crippen LogP contribution in [0.1, 0.15) is 48.4 Å². The molecule has 1 aliphatic carbocycles. The summed E-state index contributed by atoms with van der Waals surface area (Å²) in [7, 11) is 0. The minimum atomic E-state index is -4.65. The number of hydrogen-bond acceptors (Lipinski definition) is 5. The normalized spacial score (nSPS) is 17.3. The number of aromatic nitrogens is 5. The van der Waals surface area contributed by atoms with Crippen LogP contribution in [0.2, 0.25) is 0 Å². The molecule has 2 aliphatic rings. The number of rotatable bonds is 2. The third-order valence-corrected chi connectivity index (χ3v) is 6.60. The number of benzene rings is 1. The topological polar surface area (TPSA) is 83.8 Å². The van der Waals surface area contributed by atoms with Gasteiger partial charge in [0.25, 0.3) is 0 Å². The van der Waals surface area contributed by atoms with E-state index in [1.54, 1.807) is 25.4 Å². The van der Waals surface area contributed by atoms with Crippen molar-refractivity contribution in [1.82, 2.24) is 24.5 Å². The second-order valence-corrected chi connectivity index (χ2v) is 9.32. The van der Waals surface area contributed by atoms with Crippen molar-refractivity contribution < 1.29 is 22.3 Å². The van der Waals surface area contributed by atoms with Crippen LogP contribution < -0.4 is 10.5 Å². The molecule has 3 aromatic heterocycles. The summed E-state index contributed by atoms with van der Waals surface area (Å²) in [6, 6.07) is 6.60. The Morgan fingerprint density at radius 3 is 2.69 bits per heavy atom. The Morgan fingerprint density at radius 2 is 1.94 bits per heavy atom. The number of nitrogens with zero attached hydrogens (tertiary/aromatic N) is 5. The Balaban J connectivity index is 1.61. The number of halogens is 4. The van der Waals surface area contributed by atoms with Crippen LogP contribution in [-0.2, 0) is 19.1 Å². The minimum absolute atomic E-state index is 0.120. The predicted molar refractivity (Wildman–Crippen MR) is 123 cm³/mol. The quantitative estimate of drug-likeness (QED) is 0.378. The second-order valence-electron chi connectivity index (χ2n) is 9.32. The van der Waals surface area contributed by atoms with Gasteiger partial charge in [-0.1, -0.05) is 0 Å². The average Bonchev–Trinajstić information content (AvgIpc) is 3.40. The lowest BCUT2D eigenvalue weighted by Gasteiger charge is -2.22. The summed E-state index contributed by atoms with van der Waals surface area (Å²) < 4.78 is 64.7. The Labute approximate surface area is 203 Å². The first-order valence-electron chi connectivity index (χ1n) is 11.6. The van der Waals surface area contributed by atoms with E-state index in [4.69, 9.17) is 10.5 Å². The van der Waals surface area contributed by atoms with Crippen molar-refractivity contribution in [1.29, 1.82) is 0 Å². The van der Waals surface area contributed by atoms with Gasteiger partial charge in [-0.15, -0.1) is 0 Å². The first kappa shape index (κ1) is 22.6. The molecule has 0 saturated heterocycles. The summed E-state index contributed by atoms with van der Waals surface area (Å²) in [5.74, 6) is 0.397. The maximum Gasteiger partial charge on any atom is 0.435 e. The predicted octanol–water partition coefficient (Wildman–Crippen LogP) is 5.33. The van der Waals surface area contributed by atoms with Gasteiger partial charge in [-0.3, -0.25) is 4.68 Å². The van der Waals surface area contributed by atoms with E-state index in [1.807, 2.05) is 4.68 Å². The summed E-state index contributed by atoms with van der Waals surface area (Å²) in [4.78, 5) is 4.30. The van der Waals surface area contributed by atoms with Crippen LogP contribution in [0.15, 0.2) is 42.7 Å². The van der Waals surface area contributed by atoms with E-state index in [-0.39, 0.29) is 23.7 Å². The zero-order valence-electron chi connectivity index (χ0n) is 19.3. The van der Waals surface area contributed by atoms with Crippen molar-refractivity contribution in [3.63, 3.8) is 0 Å². The Morgan fingerprint density at radius 1 is 1.14 bits per heavy atom. The van der Waals surface area contributed by atoms with Crippen molar-refractivity contribution in [2.24, 2.45) is 5.92 Å². The van der Waals surface area contributed by atoms with Crippen LogP contribution in [0.4, 0.5) is 23.4 Å². The van der Waals surface area contributed by atoms with Crippen LogP contribution >= 0.6 is 0 Å². The van der Waals surface area contributed by atoms with Gasteiger partial charge in [-0.05, 0) is 56.0 Å². The minimum Gasteiger partial charge on any atom is -0.482 e. The molecule has 1 aromatic carbocycles. The lowest BCUT2D eigenvalue weighted by molar-refractivity contribution is -0.141. The smallest absolute Gasteiger partial charge is 0.435 e. The molecule has 0 radical (unpaired) electrons. The molecule has 11 heteroatoms. The number of anilines is 1. The number of alkyl halides is 3. The van der Waals surface area contributed by atoms with Crippen molar-refractivity contribution in [2.45, 2.75) is 45.0 Å². The molecule has 6 rings (SSSR count). The Kier molecular flexibility index (Phi) is 5.06. The van der Waals surface area contributed by atoms with Gasteiger partial charge in [0.15, 0.2) is 17.3 Å². The van der Waals surface area contributed by atoms with Gasteiger partial charge < -0.3 is 10.5 Å². The Hall–Kier alpha value is -3.89. The van der Waals surface area contributed by atoms with E-state index in [2.05, 4.69) is 15.2 Å². The largest absolute Gasteiger partial charge is 0.482 e. The number of nitrogens with two attached hydrogens (primary N) is 1. The fourth-order valence-electron chi connectivity index (χ4n) is 4.64. The zero-order valence-corrected chi connectivity index (χ0v) is 19.3. The van der Waals surface area contributed by atoms with Gasteiger partial charge in [0.05, 0.1) is 17.6 Å². The maximum absolute atomic E-state index is 14.3. The number of fused-ring (bicyclic) bond motifs is 7. The molecule has 7 nitrogen and oxygen atoms in total. The third-order valence-electron chi connectivity index (χ3n) is 6.60. The highest BCUT2D eigenvalue weighted by atomic mass is 19.4. The van der Waals surface area contributed by atoms with E-state index in [0.717, 1.165) is 24.6 Å². The van der Waals surface area contributed by atoms with Gasteiger partial charge in [0.1, 0.15) is 11.9 Å². The van der Waals surface area contributed by atoms with Crippen LogP contribution in [-0.4, -0.2) is 24.5 Å². The lowest BCUT2D eigenvalue weighted by atomic mass is 10.0. The third kappa shape index (κ3) is 3.98. The zero-order chi connectivity index (χ0) is 25.2. The van der Waals surface area contributed by atoms with Gasteiger partial charge in [0.2, 0.25) is 0 Å². The molecule has 2 N–H and O–H groups in total. The van der Waals surface area contributed by atoms with Gasteiger partial charge >= 0.3 is 6.18 Å². The van der Waals surface area contributed by atoms with E-state index in [9.17, 15) is 17.6 Å². The molecule has 1 atom stereocenters.